The van der Waals surface area contributed by atoms with Crippen LogP contribution in [-0.2, 0) is 10.3 Å². The quantitative estimate of drug-likeness (QED) is 0.465. The fourth-order valence-electron chi connectivity index (χ4n) is 1.28. The van der Waals surface area contributed by atoms with Crippen LogP contribution >= 0.6 is 0 Å². The van der Waals surface area contributed by atoms with Crippen LogP contribution in [0.4, 0.5) is 0 Å². The van der Waals surface area contributed by atoms with E-state index >= 15 is 0 Å². The molecule has 0 fully saturated rings. The molecular formula is C9H21NO3S. The van der Waals surface area contributed by atoms with Crippen molar-refractivity contribution in [1.82, 2.24) is 4.72 Å². The summed E-state index contributed by atoms with van der Waals surface area (Å²) in [6, 6.07) is 0. The number of rotatable bonds is 9. The minimum Gasteiger partial charge on any atom is -0.273 e. The lowest BCUT2D eigenvalue weighted by Gasteiger charge is -2.01. The summed E-state index contributed by atoms with van der Waals surface area (Å²) in [5.41, 5.74) is 0. The fraction of sp³-hybridized carbons (Fsp3) is 1.00. The molecule has 5 heteroatoms. The summed E-state index contributed by atoms with van der Waals surface area (Å²) in [4.78, 5) is 0. The van der Waals surface area contributed by atoms with Crippen molar-refractivity contribution in [3.8, 4) is 0 Å². The summed E-state index contributed by atoms with van der Waals surface area (Å²) in [5, 5.41) is 0. The third-order valence-electron chi connectivity index (χ3n) is 2.06. The minimum absolute atomic E-state index is 0.340. The van der Waals surface area contributed by atoms with Crippen LogP contribution in [0, 0.1) is 0 Å². The largest absolute Gasteiger partial charge is 0.333 e. The molecule has 4 nitrogen and oxygen atoms in total. The molecule has 0 aromatic rings. The first-order valence-corrected chi connectivity index (χ1v) is 6.72. The van der Waals surface area contributed by atoms with Gasteiger partial charge in [0.2, 0.25) is 0 Å². The third kappa shape index (κ3) is 11.9. The van der Waals surface area contributed by atoms with Crippen LogP contribution in [0.25, 0.3) is 0 Å². The molecule has 0 spiro atoms. The summed E-state index contributed by atoms with van der Waals surface area (Å²) in [6.45, 7) is 2.52. The molecule has 0 atom stereocenters. The van der Waals surface area contributed by atoms with Gasteiger partial charge in [0, 0.05) is 6.54 Å². The molecule has 0 saturated heterocycles. The smallest absolute Gasteiger partial charge is 0.273 e. The van der Waals surface area contributed by atoms with E-state index in [0.29, 0.717) is 6.54 Å². The van der Waals surface area contributed by atoms with Crippen LogP contribution in [0.15, 0.2) is 0 Å². The Morgan fingerprint density at radius 2 is 1.50 bits per heavy atom. The zero-order valence-corrected chi connectivity index (χ0v) is 9.65. The van der Waals surface area contributed by atoms with Crippen LogP contribution in [0.2, 0.25) is 0 Å². The van der Waals surface area contributed by atoms with E-state index in [2.05, 4.69) is 11.6 Å². The Bertz CT molecular complexity index is 214. The molecule has 0 unspecified atom stereocenters. The molecule has 0 rings (SSSR count). The van der Waals surface area contributed by atoms with E-state index in [1.807, 2.05) is 0 Å². The molecule has 0 heterocycles. The Kier molecular flexibility index (Phi) is 8.12. The Balaban J connectivity index is 3.07. The second-order valence-electron chi connectivity index (χ2n) is 3.49. The summed E-state index contributed by atoms with van der Waals surface area (Å²) in [5.74, 6) is 0. The molecule has 0 aromatic carbocycles. The van der Waals surface area contributed by atoms with E-state index in [1.165, 1.54) is 25.7 Å². The molecule has 0 aliphatic heterocycles. The van der Waals surface area contributed by atoms with Gasteiger partial charge in [-0.2, -0.15) is 13.1 Å². The number of unbranched alkanes of at least 4 members (excludes halogenated alkanes) is 6. The summed E-state index contributed by atoms with van der Waals surface area (Å²) >= 11 is 0. The van der Waals surface area contributed by atoms with Crippen LogP contribution in [-0.4, -0.2) is 19.5 Å². The van der Waals surface area contributed by atoms with Crippen molar-refractivity contribution in [3.05, 3.63) is 0 Å². The average molecular weight is 223 g/mol. The van der Waals surface area contributed by atoms with Crippen molar-refractivity contribution in [2.24, 2.45) is 0 Å². The number of hydrogen-bond donors (Lipinski definition) is 2. The van der Waals surface area contributed by atoms with Crippen LogP contribution in [0.3, 0.4) is 0 Å². The highest BCUT2D eigenvalue weighted by Gasteiger charge is 2.00. The van der Waals surface area contributed by atoms with Gasteiger partial charge in [-0.05, 0) is 6.42 Å². The van der Waals surface area contributed by atoms with Gasteiger partial charge in [-0.15, -0.1) is 0 Å². The van der Waals surface area contributed by atoms with Gasteiger partial charge in [-0.1, -0.05) is 45.4 Å². The number of nitrogens with one attached hydrogen (secondary N) is 1. The van der Waals surface area contributed by atoms with E-state index in [0.717, 1.165) is 19.3 Å². The molecule has 0 radical (unpaired) electrons. The highest BCUT2D eigenvalue weighted by atomic mass is 32.2. The molecule has 2 N–H and O–H groups in total. The zero-order chi connectivity index (χ0) is 10.9. The van der Waals surface area contributed by atoms with Crippen molar-refractivity contribution in [3.63, 3.8) is 0 Å². The van der Waals surface area contributed by atoms with Crippen molar-refractivity contribution >= 4 is 10.3 Å². The van der Waals surface area contributed by atoms with Crippen LogP contribution < -0.4 is 4.72 Å². The average Bonchev–Trinajstić information content (AvgIpc) is 2.08. The maximum absolute atomic E-state index is 10.2. The first-order chi connectivity index (χ1) is 6.56. The third-order valence-corrected chi connectivity index (χ3v) is 2.63. The Morgan fingerprint density at radius 1 is 1.00 bits per heavy atom. The fourth-order valence-corrected chi connectivity index (χ4v) is 1.69. The SMILES string of the molecule is CCCCCCCCCNS(=O)(=O)O. The van der Waals surface area contributed by atoms with Crippen molar-refractivity contribution < 1.29 is 13.0 Å². The summed E-state index contributed by atoms with van der Waals surface area (Å²) in [6.07, 6.45) is 7.97. The Hall–Kier alpha value is -0.130. The van der Waals surface area contributed by atoms with E-state index in [4.69, 9.17) is 4.55 Å². The predicted octanol–water partition coefficient (Wildman–Crippen LogP) is 2.13. The van der Waals surface area contributed by atoms with Gasteiger partial charge in [0.25, 0.3) is 0 Å². The van der Waals surface area contributed by atoms with Gasteiger partial charge in [0.1, 0.15) is 0 Å². The molecular weight excluding hydrogens is 202 g/mol. The first-order valence-electron chi connectivity index (χ1n) is 5.28. The van der Waals surface area contributed by atoms with Gasteiger partial charge in [0.15, 0.2) is 0 Å². The second-order valence-corrected chi connectivity index (χ2v) is 4.73. The van der Waals surface area contributed by atoms with Gasteiger partial charge in [-0.3, -0.25) is 4.55 Å². The molecule has 0 bridgehead atoms. The molecule has 0 aliphatic rings. The lowest BCUT2D eigenvalue weighted by atomic mass is 10.1. The van der Waals surface area contributed by atoms with Gasteiger partial charge >= 0.3 is 10.3 Å². The molecule has 14 heavy (non-hydrogen) atoms. The monoisotopic (exact) mass is 223 g/mol. The Labute approximate surface area is 87.0 Å². The van der Waals surface area contributed by atoms with Crippen LogP contribution in [0.5, 0.6) is 0 Å². The van der Waals surface area contributed by atoms with E-state index in [9.17, 15) is 8.42 Å². The molecule has 86 valence electrons. The van der Waals surface area contributed by atoms with Gasteiger partial charge < -0.3 is 0 Å². The van der Waals surface area contributed by atoms with Crippen LogP contribution in [0.1, 0.15) is 51.9 Å². The maximum atomic E-state index is 10.2. The summed E-state index contributed by atoms with van der Waals surface area (Å²) < 4.78 is 30.9. The number of hydrogen-bond acceptors (Lipinski definition) is 2. The van der Waals surface area contributed by atoms with Crippen molar-refractivity contribution in [2.45, 2.75) is 51.9 Å². The first kappa shape index (κ1) is 13.9. The normalized spacial score (nSPS) is 11.9. The Morgan fingerprint density at radius 3 is 2.00 bits per heavy atom. The van der Waals surface area contributed by atoms with Gasteiger partial charge in [0.05, 0.1) is 0 Å². The maximum Gasteiger partial charge on any atom is 0.333 e. The van der Waals surface area contributed by atoms with Crippen molar-refractivity contribution in [1.29, 1.82) is 0 Å². The summed E-state index contributed by atoms with van der Waals surface area (Å²) in [7, 11) is -3.98. The highest BCUT2D eigenvalue weighted by molar-refractivity contribution is 7.83. The molecule has 0 aromatic heterocycles. The zero-order valence-electron chi connectivity index (χ0n) is 8.83. The molecule has 0 saturated carbocycles. The van der Waals surface area contributed by atoms with E-state index < -0.39 is 10.3 Å². The lowest BCUT2D eigenvalue weighted by molar-refractivity contribution is 0.464. The molecule has 0 aliphatic carbocycles. The lowest BCUT2D eigenvalue weighted by Crippen LogP contribution is -2.23. The minimum atomic E-state index is -3.98. The molecule has 0 amide bonds. The topological polar surface area (TPSA) is 66.4 Å². The van der Waals surface area contributed by atoms with Gasteiger partial charge in [-0.25, -0.2) is 0 Å². The highest BCUT2D eigenvalue weighted by Crippen LogP contribution is 2.06. The standard InChI is InChI=1S/C9H21NO3S/c1-2-3-4-5-6-7-8-9-10-14(11,12)13/h10H,2-9H2,1H3,(H,11,12,13). The van der Waals surface area contributed by atoms with E-state index in [-0.39, 0.29) is 0 Å². The predicted molar refractivity (Wildman–Crippen MR) is 57.5 cm³/mol. The van der Waals surface area contributed by atoms with Crippen molar-refractivity contribution in [2.75, 3.05) is 6.54 Å². The van der Waals surface area contributed by atoms with E-state index in [1.54, 1.807) is 0 Å². The second kappa shape index (κ2) is 8.20.